The van der Waals surface area contributed by atoms with E-state index in [0.717, 1.165) is 5.56 Å². The van der Waals surface area contributed by atoms with Crippen LogP contribution in [0.1, 0.15) is 28.9 Å². The number of benzene rings is 2. The molecule has 0 fully saturated rings. The van der Waals surface area contributed by atoms with Crippen LogP contribution in [0.5, 0.6) is 5.75 Å². The first-order chi connectivity index (χ1) is 9.16. The standard InChI is InChI=1S/C16H16O3/c1-12(17)13-7-9-15(10-8-13)19-11-16(18)14-5-3-2-4-6-14/h2-10,16,18H,11H2,1H3. The van der Waals surface area contributed by atoms with Crippen molar-refractivity contribution in [1.82, 2.24) is 0 Å². The molecule has 0 saturated heterocycles. The van der Waals surface area contributed by atoms with Crippen LogP contribution < -0.4 is 4.74 Å². The molecule has 3 nitrogen and oxygen atoms in total. The minimum absolute atomic E-state index is 0.0240. The molecule has 0 aromatic heterocycles. The third-order valence-corrected chi connectivity index (χ3v) is 2.85. The van der Waals surface area contributed by atoms with Gasteiger partial charge in [-0.25, -0.2) is 0 Å². The molecule has 0 bridgehead atoms. The molecule has 98 valence electrons. The molecule has 1 N–H and O–H groups in total. The van der Waals surface area contributed by atoms with Crippen LogP contribution in [0.4, 0.5) is 0 Å². The Labute approximate surface area is 112 Å². The van der Waals surface area contributed by atoms with Crippen molar-refractivity contribution >= 4 is 5.78 Å². The molecule has 0 amide bonds. The molecule has 3 heteroatoms. The third kappa shape index (κ3) is 3.66. The quantitative estimate of drug-likeness (QED) is 0.836. The SMILES string of the molecule is CC(=O)c1ccc(OCC(O)c2ccccc2)cc1. The van der Waals surface area contributed by atoms with Crippen molar-refractivity contribution in [3.63, 3.8) is 0 Å². The Balaban J connectivity index is 1.93. The lowest BCUT2D eigenvalue weighted by Gasteiger charge is -2.12. The monoisotopic (exact) mass is 256 g/mol. The largest absolute Gasteiger partial charge is 0.491 e. The molecular weight excluding hydrogens is 240 g/mol. The molecule has 0 heterocycles. The maximum atomic E-state index is 11.1. The van der Waals surface area contributed by atoms with E-state index in [9.17, 15) is 9.90 Å². The molecule has 0 aliphatic heterocycles. The van der Waals surface area contributed by atoms with Gasteiger partial charge in [0.15, 0.2) is 5.78 Å². The molecule has 0 aliphatic carbocycles. The summed E-state index contributed by atoms with van der Waals surface area (Å²) in [5.41, 5.74) is 1.47. The van der Waals surface area contributed by atoms with Gasteiger partial charge >= 0.3 is 0 Å². The molecule has 19 heavy (non-hydrogen) atoms. The molecular formula is C16H16O3. The lowest BCUT2D eigenvalue weighted by Crippen LogP contribution is -2.09. The first-order valence-electron chi connectivity index (χ1n) is 6.13. The number of aliphatic hydroxyl groups is 1. The van der Waals surface area contributed by atoms with Crippen molar-refractivity contribution in [2.75, 3.05) is 6.61 Å². The van der Waals surface area contributed by atoms with Crippen LogP contribution in [0, 0.1) is 0 Å². The fourth-order valence-electron chi connectivity index (χ4n) is 1.73. The molecule has 2 aromatic rings. The molecule has 0 spiro atoms. The van der Waals surface area contributed by atoms with E-state index in [4.69, 9.17) is 4.74 Å². The fourth-order valence-corrected chi connectivity index (χ4v) is 1.73. The van der Waals surface area contributed by atoms with Gasteiger partial charge in [-0.2, -0.15) is 0 Å². The van der Waals surface area contributed by atoms with Gasteiger partial charge in [-0.1, -0.05) is 30.3 Å². The van der Waals surface area contributed by atoms with Gasteiger partial charge in [-0.3, -0.25) is 4.79 Å². The first-order valence-corrected chi connectivity index (χ1v) is 6.13. The number of carbonyl (C=O) groups excluding carboxylic acids is 1. The normalized spacial score (nSPS) is 11.9. The molecule has 1 unspecified atom stereocenters. The highest BCUT2D eigenvalue weighted by atomic mass is 16.5. The van der Waals surface area contributed by atoms with Crippen LogP contribution in [0.3, 0.4) is 0 Å². The minimum atomic E-state index is -0.659. The molecule has 2 rings (SSSR count). The highest BCUT2D eigenvalue weighted by Gasteiger charge is 2.07. The van der Waals surface area contributed by atoms with E-state index in [2.05, 4.69) is 0 Å². The van der Waals surface area contributed by atoms with Crippen molar-refractivity contribution in [3.8, 4) is 5.75 Å². The number of rotatable bonds is 5. The van der Waals surface area contributed by atoms with Gasteiger partial charge in [-0.15, -0.1) is 0 Å². The molecule has 1 atom stereocenters. The summed E-state index contributed by atoms with van der Waals surface area (Å²) in [5.74, 6) is 0.663. The zero-order valence-corrected chi connectivity index (χ0v) is 10.7. The molecule has 0 radical (unpaired) electrons. The van der Waals surface area contributed by atoms with Crippen molar-refractivity contribution in [2.24, 2.45) is 0 Å². The van der Waals surface area contributed by atoms with E-state index in [1.165, 1.54) is 6.92 Å². The predicted octanol–water partition coefficient (Wildman–Crippen LogP) is 3.00. The Bertz CT molecular complexity index is 532. The second-order valence-corrected chi connectivity index (χ2v) is 4.32. The Hall–Kier alpha value is -2.13. The third-order valence-electron chi connectivity index (χ3n) is 2.85. The Morgan fingerprint density at radius 3 is 2.32 bits per heavy atom. The summed E-state index contributed by atoms with van der Waals surface area (Å²) in [6, 6.07) is 16.2. The highest BCUT2D eigenvalue weighted by molar-refractivity contribution is 5.94. The van der Waals surface area contributed by atoms with Gasteiger partial charge in [0.1, 0.15) is 18.5 Å². The summed E-state index contributed by atoms with van der Waals surface area (Å²) < 4.78 is 5.50. The van der Waals surface area contributed by atoms with Gasteiger partial charge in [0.05, 0.1) is 0 Å². The van der Waals surface area contributed by atoms with E-state index in [1.54, 1.807) is 24.3 Å². The van der Waals surface area contributed by atoms with Crippen molar-refractivity contribution in [2.45, 2.75) is 13.0 Å². The maximum Gasteiger partial charge on any atom is 0.159 e. The average Bonchev–Trinajstić information content (AvgIpc) is 2.46. The Morgan fingerprint density at radius 1 is 1.11 bits per heavy atom. The van der Waals surface area contributed by atoms with E-state index in [1.807, 2.05) is 30.3 Å². The number of hydrogen-bond acceptors (Lipinski definition) is 3. The number of carbonyl (C=O) groups is 1. The first kappa shape index (κ1) is 13.3. The Kier molecular flexibility index (Phi) is 4.31. The summed E-state index contributed by atoms with van der Waals surface area (Å²) in [6.07, 6.45) is -0.659. The summed E-state index contributed by atoms with van der Waals surface area (Å²) in [4.78, 5) is 11.1. The highest BCUT2D eigenvalue weighted by Crippen LogP contribution is 2.17. The van der Waals surface area contributed by atoms with Crippen molar-refractivity contribution < 1.29 is 14.6 Å². The smallest absolute Gasteiger partial charge is 0.159 e. The van der Waals surface area contributed by atoms with Gasteiger partial charge in [-0.05, 0) is 36.8 Å². The van der Waals surface area contributed by atoms with Crippen LogP contribution in [-0.4, -0.2) is 17.5 Å². The van der Waals surface area contributed by atoms with Crippen LogP contribution in [0.2, 0.25) is 0 Å². The van der Waals surface area contributed by atoms with E-state index < -0.39 is 6.10 Å². The predicted molar refractivity (Wildman–Crippen MR) is 73.3 cm³/mol. The van der Waals surface area contributed by atoms with E-state index in [0.29, 0.717) is 11.3 Å². The van der Waals surface area contributed by atoms with Gasteiger partial charge in [0, 0.05) is 5.56 Å². The zero-order valence-electron chi connectivity index (χ0n) is 10.7. The number of ketones is 1. The lowest BCUT2D eigenvalue weighted by molar-refractivity contribution is 0.101. The summed E-state index contributed by atoms with van der Waals surface area (Å²) in [6.45, 7) is 1.71. The van der Waals surface area contributed by atoms with Crippen molar-refractivity contribution in [3.05, 3.63) is 65.7 Å². The van der Waals surface area contributed by atoms with E-state index in [-0.39, 0.29) is 12.4 Å². The fraction of sp³-hybridized carbons (Fsp3) is 0.188. The lowest BCUT2D eigenvalue weighted by atomic mass is 10.1. The van der Waals surface area contributed by atoms with Crippen LogP contribution in [0.15, 0.2) is 54.6 Å². The average molecular weight is 256 g/mol. The molecule has 0 saturated carbocycles. The minimum Gasteiger partial charge on any atom is -0.491 e. The van der Waals surface area contributed by atoms with Crippen molar-refractivity contribution in [1.29, 1.82) is 0 Å². The van der Waals surface area contributed by atoms with Crippen LogP contribution in [0.25, 0.3) is 0 Å². The topological polar surface area (TPSA) is 46.5 Å². The number of Topliss-reactive ketones (excluding diaryl/α,β-unsaturated/α-hetero) is 1. The van der Waals surface area contributed by atoms with Gasteiger partial charge in [0.25, 0.3) is 0 Å². The summed E-state index contributed by atoms with van der Waals surface area (Å²) in [7, 11) is 0. The maximum absolute atomic E-state index is 11.1. The van der Waals surface area contributed by atoms with E-state index >= 15 is 0 Å². The second kappa shape index (κ2) is 6.16. The number of ether oxygens (including phenoxy) is 1. The molecule has 0 aliphatic rings. The number of hydrogen-bond donors (Lipinski definition) is 1. The van der Waals surface area contributed by atoms with Gasteiger partial charge in [0.2, 0.25) is 0 Å². The Morgan fingerprint density at radius 2 is 1.74 bits per heavy atom. The zero-order chi connectivity index (χ0) is 13.7. The van der Waals surface area contributed by atoms with Crippen LogP contribution in [-0.2, 0) is 0 Å². The summed E-state index contributed by atoms with van der Waals surface area (Å²) in [5, 5.41) is 9.95. The molecule has 2 aromatic carbocycles. The summed E-state index contributed by atoms with van der Waals surface area (Å²) >= 11 is 0. The van der Waals surface area contributed by atoms with Gasteiger partial charge < -0.3 is 9.84 Å². The van der Waals surface area contributed by atoms with Crippen LogP contribution >= 0.6 is 0 Å². The number of aliphatic hydroxyl groups excluding tert-OH is 1. The second-order valence-electron chi connectivity index (χ2n) is 4.32.